The second-order valence-corrected chi connectivity index (χ2v) is 5.54. The first kappa shape index (κ1) is 20.3. The van der Waals surface area contributed by atoms with E-state index in [1.807, 2.05) is 0 Å². The number of hydrogen-bond donors (Lipinski definition) is 1. The van der Waals surface area contributed by atoms with E-state index in [0.717, 1.165) is 13.3 Å². The molecule has 0 saturated carbocycles. The van der Waals surface area contributed by atoms with Crippen LogP contribution in [-0.4, -0.2) is 31.4 Å². The maximum absolute atomic E-state index is 11.8. The zero-order valence-corrected chi connectivity index (χ0v) is 15.3. The van der Waals surface area contributed by atoms with Crippen LogP contribution in [0, 0.1) is 0 Å². The number of halogens is 3. The number of ether oxygens (including phenoxy) is 2. The molecule has 0 radical (unpaired) electrons. The van der Waals surface area contributed by atoms with Gasteiger partial charge in [0.15, 0.2) is 5.78 Å². The Morgan fingerprint density at radius 2 is 1.83 bits per heavy atom. The number of hydrogen-bond acceptors (Lipinski definition) is 6. The predicted octanol–water partition coefficient (Wildman–Crippen LogP) is 3.88. The minimum Gasteiger partial charge on any atom is -0.465 e. The molecule has 0 saturated heterocycles. The Bertz CT molecular complexity index is 716. The van der Waals surface area contributed by atoms with E-state index in [0.29, 0.717) is 0 Å². The smallest absolute Gasteiger partial charge is 0.343 e. The van der Waals surface area contributed by atoms with Crippen molar-refractivity contribution in [2.24, 2.45) is 0 Å². The van der Waals surface area contributed by atoms with Crippen LogP contribution >= 0.6 is 34.8 Å². The molecule has 0 amide bonds. The first-order valence-electron chi connectivity index (χ1n) is 6.65. The summed E-state index contributed by atoms with van der Waals surface area (Å²) < 4.78 is 9.39. The van der Waals surface area contributed by atoms with Crippen LogP contribution in [0.1, 0.15) is 24.2 Å². The van der Waals surface area contributed by atoms with Crippen LogP contribution in [0.3, 0.4) is 0 Å². The Labute approximate surface area is 153 Å². The van der Waals surface area contributed by atoms with Crippen LogP contribution in [0.4, 0.5) is 5.69 Å². The fourth-order valence-corrected chi connectivity index (χ4v) is 2.41. The lowest BCUT2D eigenvalue weighted by Gasteiger charge is -2.12. The van der Waals surface area contributed by atoms with Crippen molar-refractivity contribution in [3.05, 3.63) is 38.5 Å². The molecule has 1 aromatic carbocycles. The Morgan fingerprint density at radius 1 is 1.21 bits per heavy atom. The molecule has 1 rings (SSSR count). The molecule has 6 nitrogen and oxygen atoms in total. The molecular formula is C15H14Cl3NO5. The standard InChI is InChI=1S/C15H14Cl3NO5/c1-4-24-14(21)8(7(2)20)6-19-10-5-9(16)12(17)11(13(10)18)15(22)23-3/h5-6,19H,4H2,1-3H3. The molecule has 0 aliphatic heterocycles. The minimum absolute atomic E-state index is 0.0397. The van der Waals surface area contributed by atoms with Crippen molar-refractivity contribution >= 4 is 58.2 Å². The second-order valence-electron chi connectivity index (χ2n) is 4.38. The van der Waals surface area contributed by atoms with E-state index in [4.69, 9.17) is 39.5 Å². The maximum Gasteiger partial charge on any atom is 0.343 e. The Balaban J connectivity index is 3.30. The summed E-state index contributed by atoms with van der Waals surface area (Å²) in [5.41, 5.74) is -0.196. The summed E-state index contributed by atoms with van der Waals surface area (Å²) in [5.74, 6) is -2.08. The summed E-state index contributed by atoms with van der Waals surface area (Å²) in [6, 6.07) is 1.35. The Morgan fingerprint density at radius 3 is 2.33 bits per heavy atom. The summed E-state index contributed by atoms with van der Waals surface area (Å²) in [7, 11) is 1.16. The van der Waals surface area contributed by atoms with Crippen molar-refractivity contribution < 1.29 is 23.9 Å². The molecule has 0 fully saturated rings. The third-order valence-corrected chi connectivity index (χ3v) is 3.97. The van der Waals surface area contributed by atoms with E-state index in [2.05, 4.69) is 10.1 Å². The second kappa shape index (κ2) is 8.92. The lowest BCUT2D eigenvalue weighted by atomic mass is 10.1. The van der Waals surface area contributed by atoms with Gasteiger partial charge in [-0.3, -0.25) is 4.79 Å². The van der Waals surface area contributed by atoms with E-state index in [1.165, 1.54) is 13.0 Å². The topological polar surface area (TPSA) is 81.7 Å². The van der Waals surface area contributed by atoms with Gasteiger partial charge >= 0.3 is 11.9 Å². The van der Waals surface area contributed by atoms with Crippen molar-refractivity contribution in [3.63, 3.8) is 0 Å². The molecule has 0 spiro atoms. The van der Waals surface area contributed by atoms with Crippen molar-refractivity contribution in [2.75, 3.05) is 19.0 Å². The van der Waals surface area contributed by atoms with Gasteiger partial charge in [-0.2, -0.15) is 0 Å². The predicted molar refractivity (Wildman–Crippen MR) is 91.8 cm³/mol. The van der Waals surface area contributed by atoms with Crippen LogP contribution in [0.2, 0.25) is 15.1 Å². The van der Waals surface area contributed by atoms with Crippen LogP contribution in [0.5, 0.6) is 0 Å². The number of rotatable bonds is 6. The summed E-state index contributed by atoms with van der Waals surface area (Å²) in [4.78, 5) is 35.1. The average molecular weight is 395 g/mol. The number of ketones is 1. The van der Waals surface area contributed by atoms with Crippen LogP contribution in [-0.2, 0) is 19.1 Å². The van der Waals surface area contributed by atoms with Gasteiger partial charge in [-0.05, 0) is 19.9 Å². The number of methoxy groups -OCH3 is 1. The highest BCUT2D eigenvalue weighted by atomic mass is 35.5. The first-order valence-corrected chi connectivity index (χ1v) is 7.78. The number of esters is 2. The SMILES string of the molecule is CCOC(=O)C(=CNc1cc(Cl)c(Cl)c(C(=O)OC)c1Cl)C(C)=O. The van der Waals surface area contributed by atoms with Gasteiger partial charge < -0.3 is 14.8 Å². The van der Waals surface area contributed by atoms with Gasteiger partial charge in [-0.15, -0.1) is 0 Å². The van der Waals surface area contributed by atoms with E-state index in [-0.39, 0.29) is 38.5 Å². The van der Waals surface area contributed by atoms with Crippen molar-refractivity contribution in [3.8, 4) is 0 Å². The molecule has 1 N–H and O–H groups in total. The third-order valence-electron chi connectivity index (χ3n) is 2.79. The molecule has 9 heteroatoms. The van der Waals surface area contributed by atoms with Gasteiger partial charge in [0.25, 0.3) is 0 Å². The number of carbonyl (C=O) groups is 3. The fourth-order valence-electron chi connectivity index (χ4n) is 1.65. The molecule has 24 heavy (non-hydrogen) atoms. The number of benzene rings is 1. The third kappa shape index (κ3) is 4.63. The largest absolute Gasteiger partial charge is 0.465 e. The summed E-state index contributed by atoms with van der Waals surface area (Å²) in [5, 5.41) is 2.55. The van der Waals surface area contributed by atoms with Crippen molar-refractivity contribution in [2.45, 2.75) is 13.8 Å². The molecule has 1 aromatic rings. The van der Waals surface area contributed by atoms with Gasteiger partial charge in [0.1, 0.15) is 11.1 Å². The zero-order valence-electron chi connectivity index (χ0n) is 13.0. The van der Waals surface area contributed by atoms with Crippen LogP contribution < -0.4 is 5.32 Å². The molecular weight excluding hydrogens is 381 g/mol. The highest BCUT2D eigenvalue weighted by Crippen LogP contribution is 2.38. The number of Topliss-reactive ketones (excluding diaryl/α,β-unsaturated/α-hetero) is 1. The van der Waals surface area contributed by atoms with Gasteiger partial charge in [-0.1, -0.05) is 34.8 Å². The Hall–Kier alpha value is -1.76. The van der Waals surface area contributed by atoms with E-state index >= 15 is 0 Å². The highest BCUT2D eigenvalue weighted by molar-refractivity contribution is 6.47. The normalized spacial score (nSPS) is 11.0. The first-order chi connectivity index (χ1) is 11.2. The maximum atomic E-state index is 11.8. The van der Waals surface area contributed by atoms with E-state index < -0.39 is 17.7 Å². The summed E-state index contributed by atoms with van der Waals surface area (Å²) in [6.07, 6.45) is 1.12. The Kier molecular flexibility index (Phi) is 7.54. The lowest BCUT2D eigenvalue weighted by Crippen LogP contribution is -2.15. The average Bonchev–Trinajstić information content (AvgIpc) is 2.52. The lowest BCUT2D eigenvalue weighted by molar-refractivity contribution is -0.139. The van der Waals surface area contributed by atoms with Crippen LogP contribution in [0.15, 0.2) is 17.8 Å². The zero-order chi connectivity index (χ0) is 18.4. The van der Waals surface area contributed by atoms with Gasteiger partial charge in [-0.25, -0.2) is 9.59 Å². The number of anilines is 1. The molecule has 0 aliphatic rings. The molecule has 130 valence electrons. The summed E-state index contributed by atoms with van der Waals surface area (Å²) >= 11 is 18.1. The monoisotopic (exact) mass is 393 g/mol. The number of nitrogens with one attached hydrogen (secondary N) is 1. The van der Waals surface area contributed by atoms with Crippen molar-refractivity contribution in [1.82, 2.24) is 0 Å². The minimum atomic E-state index is -0.790. The summed E-state index contributed by atoms with van der Waals surface area (Å²) in [6.45, 7) is 2.94. The van der Waals surface area contributed by atoms with E-state index in [1.54, 1.807) is 6.92 Å². The van der Waals surface area contributed by atoms with Gasteiger partial charge in [0, 0.05) is 6.20 Å². The molecule has 0 aliphatic carbocycles. The highest BCUT2D eigenvalue weighted by Gasteiger charge is 2.22. The van der Waals surface area contributed by atoms with Gasteiger partial charge in [0.05, 0.1) is 34.5 Å². The van der Waals surface area contributed by atoms with Crippen LogP contribution in [0.25, 0.3) is 0 Å². The molecule has 0 atom stereocenters. The van der Waals surface area contributed by atoms with Gasteiger partial charge in [0.2, 0.25) is 0 Å². The molecule has 0 heterocycles. The molecule has 0 aromatic heterocycles. The molecule has 0 unspecified atom stereocenters. The van der Waals surface area contributed by atoms with E-state index in [9.17, 15) is 14.4 Å². The van der Waals surface area contributed by atoms with Crippen molar-refractivity contribution in [1.29, 1.82) is 0 Å². The quantitative estimate of drug-likeness (QED) is 0.259. The fraction of sp³-hybridized carbons (Fsp3) is 0.267. The molecule has 0 bridgehead atoms. The number of carbonyl (C=O) groups excluding carboxylic acids is 3.